The van der Waals surface area contributed by atoms with Crippen LogP contribution < -0.4 is 0 Å². The van der Waals surface area contributed by atoms with Gasteiger partial charge in [0, 0.05) is 17.9 Å². The van der Waals surface area contributed by atoms with Crippen molar-refractivity contribution in [2.24, 2.45) is 28.6 Å². The molecule has 0 aromatic rings. The highest BCUT2D eigenvalue weighted by atomic mass is 16.7. The van der Waals surface area contributed by atoms with E-state index in [1.165, 1.54) is 6.08 Å². The second-order valence-corrected chi connectivity index (χ2v) is 13.5. The van der Waals surface area contributed by atoms with Crippen molar-refractivity contribution >= 4 is 12.3 Å². The molecule has 2 aliphatic heterocycles. The summed E-state index contributed by atoms with van der Waals surface area (Å²) in [6.45, 7) is 3.61. The number of carbonyl (C=O) groups excluding carboxylic acids is 2. The highest BCUT2D eigenvalue weighted by Crippen LogP contribution is 2.70. The van der Waals surface area contributed by atoms with Crippen LogP contribution in [0.4, 0.5) is 0 Å². The molecule has 6 aliphatic rings. The number of cyclic esters (lactones) is 1. The van der Waals surface area contributed by atoms with E-state index in [0.29, 0.717) is 25.7 Å². The van der Waals surface area contributed by atoms with Gasteiger partial charge >= 0.3 is 5.97 Å². The molecule has 40 heavy (non-hydrogen) atoms. The van der Waals surface area contributed by atoms with E-state index in [-0.39, 0.29) is 44.1 Å². The van der Waals surface area contributed by atoms with Crippen LogP contribution in [0.3, 0.4) is 0 Å². The van der Waals surface area contributed by atoms with E-state index in [4.69, 9.17) is 14.2 Å². The quantitative estimate of drug-likeness (QED) is 0.149. The Morgan fingerprint density at radius 3 is 2.42 bits per heavy atom. The predicted molar refractivity (Wildman–Crippen MR) is 136 cm³/mol. The smallest absolute Gasteiger partial charge is 0.331 e. The molecule has 0 aromatic carbocycles. The highest BCUT2D eigenvalue weighted by molar-refractivity contribution is 5.85. The lowest BCUT2D eigenvalue weighted by Crippen LogP contribution is -2.71. The van der Waals surface area contributed by atoms with Crippen LogP contribution in [0.2, 0.25) is 0 Å². The maximum absolute atomic E-state index is 13.0. The Balaban J connectivity index is 1.25. The minimum Gasteiger partial charge on any atom is -0.458 e. The molecule has 0 amide bonds. The van der Waals surface area contributed by atoms with Gasteiger partial charge in [0.1, 0.15) is 31.2 Å². The van der Waals surface area contributed by atoms with Gasteiger partial charge < -0.3 is 49.6 Å². The van der Waals surface area contributed by atoms with Gasteiger partial charge in [-0.2, -0.15) is 0 Å². The van der Waals surface area contributed by atoms with Crippen LogP contribution in [0.15, 0.2) is 11.6 Å². The Bertz CT molecular complexity index is 1080. The maximum Gasteiger partial charge on any atom is 0.331 e. The Morgan fingerprint density at radius 1 is 1.00 bits per heavy atom. The fraction of sp³-hybridized carbons (Fsp3) is 0.862. The minimum atomic E-state index is -1.47. The fourth-order valence-electron chi connectivity index (χ4n) is 9.74. The van der Waals surface area contributed by atoms with Crippen LogP contribution in [0.5, 0.6) is 0 Å². The Morgan fingerprint density at radius 2 is 1.75 bits per heavy atom. The molecule has 14 atom stereocenters. The number of aliphatic hydroxyl groups excluding tert-OH is 4. The van der Waals surface area contributed by atoms with Crippen molar-refractivity contribution in [2.75, 3.05) is 6.61 Å². The topological polar surface area (TPSA) is 183 Å². The molecule has 0 spiro atoms. The molecule has 11 nitrogen and oxygen atoms in total. The molecule has 4 aliphatic carbocycles. The lowest BCUT2D eigenvalue weighted by Gasteiger charge is -2.66. The highest BCUT2D eigenvalue weighted by Gasteiger charge is 2.74. The maximum atomic E-state index is 13.0. The molecule has 6 rings (SSSR count). The molecule has 6 N–H and O–H groups in total. The average molecular weight is 567 g/mol. The summed E-state index contributed by atoms with van der Waals surface area (Å²) in [4.78, 5) is 24.8. The van der Waals surface area contributed by atoms with Gasteiger partial charge in [-0.3, -0.25) is 0 Å². The van der Waals surface area contributed by atoms with E-state index in [1.807, 2.05) is 6.92 Å². The fourth-order valence-corrected chi connectivity index (χ4v) is 9.74. The number of esters is 1. The third kappa shape index (κ3) is 3.71. The first-order chi connectivity index (χ1) is 18.8. The van der Waals surface area contributed by atoms with Crippen LogP contribution in [0.25, 0.3) is 0 Å². The first-order valence-electron chi connectivity index (χ1n) is 14.6. The molecule has 224 valence electrons. The number of carbonyl (C=O) groups is 2. The predicted octanol–water partition coefficient (Wildman–Crippen LogP) is -0.279. The largest absolute Gasteiger partial charge is 0.458 e. The Hall–Kier alpha value is -1.44. The van der Waals surface area contributed by atoms with E-state index < -0.39 is 76.8 Å². The number of hydrogen-bond donors (Lipinski definition) is 6. The van der Waals surface area contributed by atoms with Crippen LogP contribution in [0.1, 0.15) is 65.2 Å². The van der Waals surface area contributed by atoms with Gasteiger partial charge in [0.15, 0.2) is 6.29 Å². The van der Waals surface area contributed by atoms with Gasteiger partial charge in [0.2, 0.25) is 0 Å². The second kappa shape index (κ2) is 9.54. The van der Waals surface area contributed by atoms with Gasteiger partial charge in [0.05, 0.1) is 34.9 Å². The van der Waals surface area contributed by atoms with Gasteiger partial charge in [-0.1, -0.05) is 6.92 Å². The molecule has 5 fully saturated rings. The van der Waals surface area contributed by atoms with E-state index >= 15 is 0 Å². The second-order valence-electron chi connectivity index (χ2n) is 13.5. The van der Waals surface area contributed by atoms with Crippen LogP contribution in [-0.2, 0) is 23.8 Å². The Kier molecular flexibility index (Phi) is 6.83. The molecule has 4 saturated carbocycles. The molecule has 1 saturated heterocycles. The van der Waals surface area contributed by atoms with Gasteiger partial charge in [0.25, 0.3) is 0 Å². The molecule has 2 heterocycles. The summed E-state index contributed by atoms with van der Waals surface area (Å²) in [7, 11) is 0. The van der Waals surface area contributed by atoms with Gasteiger partial charge in [-0.05, 0) is 75.2 Å². The summed E-state index contributed by atoms with van der Waals surface area (Å²) in [5, 5.41) is 66.7. The molecule has 0 radical (unpaired) electrons. The zero-order valence-corrected chi connectivity index (χ0v) is 23.0. The van der Waals surface area contributed by atoms with Crippen molar-refractivity contribution in [3.05, 3.63) is 11.6 Å². The summed E-state index contributed by atoms with van der Waals surface area (Å²) in [6.07, 6.45) is -2.70. The van der Waals surface area contributed by atoms with E-state index in [9.17, 15) is 40.2 Å². The normalized spacial score (nSPS) is 56.0. The third-order valence-corrected chi connectivity index (χ3v) is 12.1. The lowest BCUT2D eigenvalue weighted by atomic mass is 9.41. The third-order valence-electron chi connectivity index (χ3n) is 12.1. The van der Waals surface area contributed by atoms with Crippen molar-refractivity contribution in [1.82, 2.24) is 0 Å². The number of hydrogen-bond acceptors (Lipinski definition) is 11. The minimum absolute atomic E-state index is 0.0926. The first-order valence-corrected chi connectivity index (χ1v) is 14.6. The number of aldehydes is 1. The molecule has 2 unspecified atom stereocenters. The van der Waals surface area contributed by atoms with Crippen molar-refractivity contribution in [1.29, 1.82) is 0 Å². The number of rotatable bonds is 4. The first kappa shape index (κ1) is 28.7. The molecular weight excluding hydrogens is 524 g/mol. The zero-order chi connectivity index (χ0) is 28.8. The van der Waals surface area contributed by atoms with E-state index in [2.05, 4.69) is 0 Å². The summed E-state index contributed by atoms with van der Waals surface area (Å²) >= 11 is 0. The number of fused-ring (bicyclic) bond motifs is 5. The standard InChI is InChI=1S/C29H42O11/c1-14-22(33)23(34)24(35)25(39-14)40-16-3-6-27(13-30)19-10-20(31)26(2)17(15-9-21(32)38-12-15)5-8-29(26,37)18(19)4-7-28(27,36)11-16/h9,13-14,16-20,22-25,31,33-37H,3-8,10-12H2,1-2H3/t14-,16-,17+,18?,19?,20+,22-,23-,24-,25-,26-,27-,28-,29-/m0/s1. The molecule has 0 aromatic heterocycles. The molecular formula is C29H42O11. The summed E-state index contributed by atoms with van der Waals surface area (Å²) in [5.41, 5.74) is -4.09. The van der Waals surface area contributed by atoms with Gasteiger partial charge in [-0.25, -0.2) is 4.79 Å². The summed E-state index contributed by atoms with van der Waals surface area (Å²) in [6, 6.07) is 0. The number of aliphatic hydroxyl groups is 6. The SMILES string of the molecule is C[C@@H]1O[C@@H](O[C@H]2CC[C@]3(C=O)C4C[C@@H](O)[C@]5(C)[C@@H](C6=CC(=O)OC6)CC[C@]5(O)C4CC[C@]3(O)C2)[C@@H](O)[C@@H](O)[C@H]1O. The average Bonchev–Trinajstić information content (AvgIpc) is 3.46. The van der Waals surface area contributed by atoms with Crippen molar-refractivity contribution in [3.8, 4) is 0 Å². The molecule has 0 bridgehead atoms. The van der Waals surface area contributed by atoms with Crippen molar-refractivity contribution < 1.29 is 54.4 Å². The van der Waals surface area contributed by atoms with Crippen LogP contribution in [0, 0.1) is 28.6 Å². The van der Waals surface area contributed by atoms with Crippen LogP contribution in [-0.4, -0.2) is 104 Å². The van der Waals surface area contributed by atoms with Crippen molar-refractivity contribution in [3.63, 3.8) is 0 Å². The summed E-state index contributed by atoms with van der Waals surface area (Å²) < 4.78 is 16.8. The monoisotopic (exact) mass is 566 g/mol. The summed E-state index contributed by atoms with van der Waals surface area (Å²) in [5.74, 6) is -1.42. The van der Waals surface area contributed by atoms with E-state index in [1.54, 1.807) is 6.92 Å². The van der Waals surface area contributed by atoms with Crippen molar-refractivity contribution in [2.45, 2.75) is 119 Å². The number of ether oxygens (including phenoxy) is 3. The molecule has 11 heteroatoms. The Labute approximate surface area is 233 Å². The van der Waals surface area contributed by atoms with Crippen LogP contribution >= 0.6 is 0 Å². The zero-order valence-electron chi connectivity index (χ0n) is 23.0. The van der Waals surface area contributed by atoms with E-state index in [0.717, 1.165) is 11.9 Å². The lowest BCUT2D eigenvalue weighted by molar-refractivity contribution is -0.319. The van der Waals surface area contributed by atoms with Gasteiger partial charge in [-0.15, -0.1) is 0 Å².